The number of benzene rings is 1. The van der Waals surface area contributed by atoms with E-state index in [0.717, 1.165) is 10.8 Å². The number of pyridine rings is 1. The summed E-state index contributed by atoms with van der Waals surface area (Å²) in [6, 6.07) is 5.16. The Balaban J connectivity index is 2.52. The van der Waals surface area contributed by atoms with Crippen molar-refractivity contribution in [2.75, 3.05) is 7.11 Å². The van der Waals surface area contributed by atoms with Crippen LogP contribution in [0.2, 0.25) is 0 Å². The minimum atomic E-state index is -0.0952. The van der Waals surface area contributed by atoms with Crippen LogP contribution in [0.4, 0.5) is 0 Å². The number of hydrogen-bond acceptors (Lipinski definition) is 3. The Labute approximate surface area is 102 Å². The summed E-state index contributed by atoms with van der Waals surface area (Å²) in [5.74, 6) is 0.442. The number of methoxy groups -OCH3 is 1. The van der Waals surface area contributed by atoms with Gasteiger partial charge in [0, 0.05) is 30.1 Å². The van der Waals surface area contributed by atoms with Crippen molar-refractivity contribution in [3.63, 3.8) is 0 Å². The summed E-state index contributed by atoms with van der Waals surface area (Å²) >= 11 is 0. The second kappa shape index (κ2) is 3.53. The molecule has 0 aliphatic carbocycles. The lowest BCUT2D eigenvalue weighted by Crippen LogP contribution is -2.15. The van der Waals surface area contributed by atoms with Crippen molar-refractivity contribution in [2.45, 2.75) is 0 Å². The van der Waals surface area contributed by atoms with Crippen molar-refractivity contribution in [3.05, 3.63) is 34.7 Å². The predicted octanol–water partition coefficient (Wildman–Crippen LogP) is 1.73. The molecule has 0 amide bonds. The van der Waals surface area contributed by atoms with Crippen molar-refractivity contribution >= 4 is 21.8 Å². The Morgan fingerprint density at radius 2 is 2.11 bits per heavy atom. The molecule has 0 fully saturated rings. The zero-order chi connectivity index (χ0) is 12.9. The number of aromatic nitrogens is 2. The lowest BCUT2D eigenvalue weighted by atomic mass is 10.1. The van der Waals surface area contributed by atoms with E-state index >= 15 is 0 Å². The van der Waals surface area contributed by atoms with Gasteiger partial charge >= 0.3 is 0 Å². The normalized spacial score (nSPS) is 11.2. The Hall–Kier alpha value is -2.43. The van der Waals surface area contributed by atoms with Crippen LogP contribution in [0.3, 0.4) is 0 Å². The second-order valence-corrected chi connectivity index (χ2v) is 4.22. The standard InChI is InChI=1S/C13H12N2O3/c1-15-4-3-7-8-5-11(18-2)10(16)6-9(8)14-12(7)13(15)17/h3-6,14,16H,1-2H3. The van der Waals surface area contributed by atoms with E-state index in [2.05, 4.69) is 4.98 Å². The largest absolute Gasteiger partial charge is 0.504 e. The van der Waals surface area contributed by atoms with Gasteiger partial charge in [-0.1, -0.05) is 0 Å². The third-order valence-corrected chi connectivity index (χ3v) is 3.14. The number of aromatic hydroxyl groups is 1. The van der Waals surface area contributed by atoms with Gasteiger partial charge in [0.25, 0.3) is 5.56 Å². The van der Waals surface area contributed by atoms with E-state index in [1.807, 2.05) is 6.07 Å². The molecule has 0 aliphatic heterocycles. The highest BCUT2D eigenvalue weighted by Gasteiger charge is 2.11. The number of nitrogens with one attached hydrogen (secondary N) is 1. The molecule has 0 radical (unpaired) electrons. The minimum absolute atomic E-state index is 0.0494. The Kier molecular flexibility index (Phi) is 2.10. The number of phenolic OH excluding ortho intramolecular Hbond substituents is 1. The Morgan fingerprint density at radius 1 is 1.33 bits per heavy atom. The molecule has 2 N–H and O–H groups in total. The number of nitrogens with zero attached hydrogens (tertiary/aromatic N) is 1. The molecule has 0 unspecified atom stereocenters. The number of aromatic amines is 1. The molecule has 0 atom stereocenters. The number of aryl methyl sites for hydroxylation is 1. The molecular formula is C13H12N2O3. The van der Waals surface area contributed by atoms with Gasteiger partial charge in [0.2, 0.25) is 0 Å². The maximum Gasteiger partial charge on any atom is 0.274 e. The first kappa shape index (κ1) is 10.7. The topological polar surface area (TPSA) is 67.2 Å². The van der Waals surface area contributed by atoms with E-state index in [9.17, 15) is 9.90 Å². The molecule has 0 aliphatic rings. The fourth-order valence-corrected chi connectivity index (χ4v) is 2.17. The molecule has 0 saturated carbocycles. The summed E-state index contributed by atoms with van der Waals surface area (Å²) in [7, 11) is 3.19. The molecule has 3 aromatic rings. The third-order valence-electron chi connectivity index (χ3n) is 3.14. The third kappa shape index (κ3) is 1.30. The average Bonchev–Trinajstić information content (AvgIpc) is 2.71. The molecule has 3 rings (SSSR count). The number of fused-ring (bicyclic) bond motifs is 3. The van der Waals surface area contributed by atoms with E-state index in [0.29, 0.717) is 16.8 Å². The van der Waals surface area contributed by atoms with Crippen molar-refractivity contribution in [3.8, 4) is 11.5 Å². The molecule has 0 spiro atoms. The summed E-state index contributed by atoms with van der Waals surface area (Å²) < 4.78 is 6.59. The SMILES string of the molecule is COc1cc2c(cc1O)[nH]c1c(=O)n(C)ccc12. The van der Waals surface area contributed by atoms with E-state index in [1.165, 1.54) is 11.7 Å². The maximum absolute atomic E-state index is 12.0. The fraction of sp³-hybridized carbons (Fsp3) is 0.154. The molecule has 5 nitrogen and oxygen atoms in total. The van der Waals surface area contributed by atoms with Gasteiger partial charge in [-0.25, -0.2) is 0 Å². The van der Waals surface area contributed by atoms with Gasteiger partial charge in [-0.2, -0.15) is 0 Å². The van der Waals surface area contributed by atoms with Gasteiger partial charge in [0.15, 0.2) is 11.5 Å². The number of rotatable bonds is 1. The van der Waals surface area contributed by atoms with Crippen LogP contribution in [-0.2, 0) is 7.05 Å². The number of hydrogen-bond donors (Lipinski definition) is 2. The van der Waals surface area contributed by atoms with Crippen LogP contribution in [-0.4, -0.2) is 21.8 Å². The minimum Gasteiger partial charge on any atom is -0.504 e. The molecule has 0 saturated heterocycles. The highest BCUT2D eigenvalue weighted by molar-refractivity contribution is 6.07. The second-order valence-electron chi connectivity index (χ2n) is 4.22. The summed E-state index contributed by atoms with van der Waals surface area (Å²) in [5.41, 5.74) is 1.15. The van der Waals surface area contributed by atoms with Gasteiger partial charge in [0.05, 0.1) is 12.6 Å². The molecule has 92 valence electrons. The first-order valence-corrected chi connectivity index (χ1v) is 5.50. The van der Waals surface area contributed by atoms with Crippen molar-refractivity contribution in [1.82, 2.24) is 9.55 Å². The predicted molar refractivity (Wildman–Crippen MR) is 69.3 cm³/mol. The van der Waals surface area contributed by atoms with Crippen LogP contribution in [0.1, 0.15) is 0 Å². The lowest BCUT2D eigenvalue weighted by Gasteiger charge is -2.02. The van der Waals surface area contributed by atoms with Crippen molar-refractivity contribution in [1.29, 1.82) is 0 Å². The van der Waals surface area contributed by atoms with Gasteiger partial charge < -0.3 is 19.4 Å². The van der Waals surface area contributed by atoms with Gasteiger partial charge in [-0.05, 0) is 12.1 Å². The monoisotopic (exact) mass is 244 g/mol. The first-order valence-electron chi connectivity index (χ1n) is 5.50. The van der Waals surface area contributed by atoms with Crippen LogP contribution < -0.4 is 10.3 Å². The first-order chi connectivity index (χ1) is 8.61. The Morgan fingerprint density at radius 3 is 2.83 bits per heavy atom. The van der Waals surface area contributed by atoms with Crippen LogP contribution in [0.5, 0.6) is 11.5 Å². The van der Waals surface area contributed by atoms with E-state index < -0.39 is 0 Å². The van der Waals surface area contributed by atoms with E-state index in [1.54, 1.807) is 25.4 Å². The van der Waals surface area contributed by atoms with Crippen molar-refractivity contribution in [2.24, 2.45) is 7.05 Å². The molecular weight excluding hydrogens is 232 g/mol. The number of phenols is 1. The molecule has 0 bridgehead atoms. The molecule has 2 aromatic heterocycles. The molecule has 2 heterocycles. The van der Waals surface area contributed by atoms with Gasteiger partial charge in [-0.3, -0.25) is 4.79 Å². The quantitative estimate of drug-likeness (QED) is 0.685. The van der Waals surface area contributed by atoms with E-state index in [4.69, 9.17) is 4.74 Å². The number of H-pyrrole nitrogens is 1. The summed E-state index contributed by atoms with van der Waals surface area (Å²) in [4.78, 5) is 15.0. The van der Waals surface area contributed by atoms with Crippen LogP contribution >= 0.6 is 0 Å². The fourth-order valence-electron chi connectivity index (χ4n) is 2.17. The summed E-state index contributed by atoms with van der Waals surface area (Å²) in [6.45, 7) is 0. The zero-order valence-corrected chi connectivity index (χ0v) is 10.0. The molecule has 1 aromatic carbocycles. The molecule has 18 heavy (non-hydrogen) atoms. The van der Waals surface area contributed by atoms with Gasteiger partial charge in [0.1, 0.15) is 5.52 Å². The highest BCUT2D eigenvalue weighted by Crippen LogP contribution is 2.34. The Bertz CT molecular complexity index is 814. The summed E-state index contributed by atoms with van der Waals surface area (Å²) in [6.07, 6.45) is 1.72. The zero-order valence-electron chi connectivity index (χ0n) is 10.0. The summed E-state index contributed by atoms with van der Waals surface area (Å²) in [5, 5.41) is 11.4. The van der Waals surface area contributed by atoms with Gasteiger partial charge in [-0.15, -0.1) is 0 Å². The van der Waals surface area contributed by atoms with Crippen LogP contribution in [0.25, 0.3) is 21.8 Å². The number of ether oxygens (including phenoxy) is 1. The maximum atomic E-state index is 12.0. The molecule has 5 heteroatoms. The van der Waals surface area contributed by atoms with Crippen LogP contribution in [0.15, 0.2) is 29.2 Å². The van der Waals surface area contributed by atoms with E-state index in [-0.39, 0.29) is 11.3 Å². The van der Waals surface area contributed by atoms with Crippen LogP contribution in [0, 0.1) is 0 Å². The van der Waals surface area contributed by atoms with Crippen molar-refractivity contribution < 1.29 is 9.84 Å². The highest BCUT2D eigenvalue weighted by atomic mass is 16.5. The smallest absolute Gasteiger partial charge is 0.274 e. The lowest BCUT2D eigenvalue weighted by molar-refractivity contribution is 0.374. The average molecular weight is 244 g/mol.